The van der Waals surface area contributed by atoms with Gasteiger partial charge >= 0.3 is 0 Å². The zero-order valence-corrected chi connectivity index (χ0v) is 33.4. The molecule has 300 valence electrons. The summed E-state index contributed by atoms with van der Waals surface area (Å²) in [5.74, 6) is -6.61. The molecular weight excluding hydrogens is 828 g/mol. The molecule has 5 aromatic carbocycles. The highest BCUT2D eigenvalue weighted by Crippen LogP contribution is 2.27. The van der Waals surface area contributed by atoms with Crippen molar-refractivity contribution in [2.75, 3.05) is 23.9 Å². The number of fused-ring (bicyclic) bond motifs is 2. The minimum absolute atomic E-state index is 0.0779. The molecule has 0 saturated heterocycles. The highest BCUT2D eigenvalue weighted by atomic mass is 35.5. The smallest absolute Gasteiger partial charge is 0.253 e. The van der Waals surface area contributed by atoms with Gasteiger partial charge in [0.05, 0.1) is 47.6 Å². The summed E-state index contributed by atoms with van der Waals surface area (Å²) in [6.07, 6.45) is -0.651. The van der Waals surface area contributed by atoms with Gasteiger partial charge in [0.15, 0.2) is 0 Å². The molecule has 2 aromatic heterocycles. The van der Waals surface area contributed by atoms with Crippen molar-refractivity contribution < 1.29 is 36.7 Å². The second kappa shape index (κ2) is 17.3. The van der Waals surface area contributed by atoms with E-state index in [0.29, 0.717) is 34.5 Å². The number of carbonyl (C=O) groups is 4. The highest BCUT2D eigenvalue weighted by Gasteiger charge is 2.30. The molecular formula is C42H31ClF4N6O4S2. The lowest BCUT2D eigenvalue weighted by atomic mass is 10.0. The van der Waals surface area contributed by atoms with E-state index in [1.54, 1.807) is 47.4 Å². The van der Waals surface area contributed by atoms with Crippen LogP contribution in [0.2, 0.25) is 5.02 Å². The molecule has 10 nitrogen and oxygen atoms in total. The van der Waals surface area contributed by atoms with Crippen molar-refractivity contribution in [3.05, 3.63) is 153 Å². The standard InChI is InChI=1S/C42H31ClF4N6O4S2/c1-52(28-6-8-36-32(18-28)48-20-58-36)41(56)34(14-22-10-24(44)16-25(45)11-22)50-39(54)30-4-3-5-31(38(30)43)40(55)51-35(15-23-12-26(46)17-27(47)13-23)42(57)53(2)29-7-9-37-33(19-29)49-21-59-37/h3-13,16-21,34-35H,14-15H2,1-2H3,(H,50,54)(H,51,55)/t34-,35-/m0/s1. The van der Waals surface area contributed by atoms with Crippen LogP contribution in [0.25, 0.3) is 20.4 Å². The molecule has 0 unspecified atom stereocenters. The van der Waals surface area contributed by atoms with E-state index in [1.807, 2.05) is 0 Å². The van der Waals surface area contributed by atoms with E-state index in [1.165, 1.54) is 64.8 Å². The number of benzene rings is 5. The Morgan fingerprint density at radius 1 is 0.610 bits per heavy atom. The third-order valence-corrected chi connectivity index (χ3v) is 11.5. The number of carbonyl (C=O) groups excluding carboxylic acids is 4. The first-order valence-corrected chi connectivity index (χ1v) is 19.9. The summed E-state index contributed by atoms with van der Waals surface area (Å²) < 4.78 is 58.8. The predicted octanol–water partition coefficient (Wildman–Crippen LogP) is 8.12. The molecule has 2 heterocycles. The number of aromatic nitrogens is 2. The average molecular weight is 859 g/mol. The van der Waals surface area contributed by atoms with Gasteiger partial charge in [-0.3, -0.25) is 19.2 Å². The summed E-state index contributed by atoms with van der Waals surface area (Å²) in [5.41, 5.74) is 5.14. The lowest BCUT2D eigenvalue weighted by Crippen LogP contribution is -2.49. The maximum absolute atomic E-state index is 14.3. The first-order chi connectivity index (χ1) is 28.2. The highest BCUT2D eigenvalue weighted by molar-refractivity contribution is 7.17. The van der Waals surface area contributed by atoms with Crippen LogP contribution in [-0.2, 0) is 22.4 Å². The van der Waals surface area contributed by atoms with Gasteiger partial charge in [-0.1, -0.05) is 17.7 Å². The summed E-state index contributed by atoms with van der Waals surface area (Å²) in [6, 6.07) is 17.0. The Morgan fingerprint density at radius 3 is 1.39 bits per heavy atom. The maximum Gasteiger partial charge on any atom is 0.253 e. The summed E-state index contributed by atoms with van der Waals surface area (Å²) in [7, 11) is 2.95. The lowest BCUT2D eigenvalue weighted by Gasteiger charge is -2.26. The van der Waals surface area contributed by atoms with Crippen LogP contribution in [-0.4, -0.2) is 59.8 Å². The fourth-order valence-corrected chi connectivity index (χ4v) is 8.13. The van der Waals surface area contributed by atoms with Crippen LogP contribution in [0.3, 0.4) is 0 Å². The van der Waals surface area contributed by atoms with Gasteiger partial charge in [-0.15, -0.1) is 22.7 Å². The van der Waals surface area contributed by atoms with Gasteiger partial charge in [0.25, 0.3) is 11.8 Å². The molecule has 0 aliphatic carbocycles. The van der Waals surface area contributed by atoms with Gasteiger partial charge < -0.3 is 20.4 Å². The van der Waals surface area contributed by atoms with E-state index in [2.05, 4.69) is 20.6 Å². The second-order valence-electron chi connectivity index (χ2n) is 13.5. The summed E-state index contributed by atoms with van der Waals surface area (Å²) in [4.78, 5) is 67.1. The molecule has 2 atom stereocenters. The van der Waals surface area contributed by atoms with Crippen molar-refractivity contribution in [1.82, 2.24) is 20.6 Å². The Labute approximate surface area is 347 Å². The average Bonchev–Trinajstić information content (AvgIpc) is 3.88. The number of anilines is 2. The van der Waals surface area contributed by atoms with Gasteiger partial charge in [0, 0.05) is 50.4 Å². The van der Waals surface area contributed by atoms with Crippen molar-refractivity contribution in [2.45, 2.75) is 24.9 Å². The Balaban J connectivity index is 1.16. The van der Waals surface area contributed by atoms with Crippen LogP contribution in [0, 0.1) is 23.3 Å². The van der Waals surface area contributed by atoms with Crippen molar-refractivity contribution >= 4 is 89.7 Å². The Hall–Kier alpha value is -6.23. The number of halogens is 5. The van der Waals surface area contributed by atoms with E-state index in [4.69, 9.17) is 11.6 Å². The topological polar surface area (TPSA) is 125 Å². The fourth-order valence-electron chi connectivity index (χ4n) is 6.52. The van der Waals surface area contributed by atoms with Crippen molar-refractivity contribution in [3.63, 3.8) is 0 Å². The number of nitrogens with zero attached hydrogens (tertiary/aromatic N) is 4. The molecule has 0 spiro atoms. The van der Waals surface area contributed by atoms with Crippen molar-refractivity contribution in [3.8, 4) is 0 Å². The second-order valence-corrected chi connectivity index (χ2v) is 15.6. The normalized spacial score (nSPS) is 12.3. The zero-order chi connectivity index (χ0) is 42.0. The minimum atomic E-state index is -1.39. The first-order valence-electron chi connectivity index (χ1n) is 17.8. The van der Waals surface area contributed by atoms with Gasteiger partial charge in [-0.05, 0) is 83.9 Å². The Bertz CT molecular complexity index is 2540. The van der Waals surface area contributed by atoms with Gasteiger partial charge in [-0.25, -0.2) is 27.5 Å². The molecule has 0 aliphatic heterocycles. The van der Waals surface area contributed by atoms with Crippen molar-refractivity contribution in [2.24, 2.45) is 0 Å². The predicted molar refractivity (Wildman–Crippen MR) is 220 cm³/mol. The van der Waals surface area contributed by atoms with E-state index < -0.39 is 59.0 Å². The number of likely N-dealkylation sites (N-methyl/N-ethyl adjacent to an activating group) is 2. The maximum atomic E-state index is 14.3. The Kier molecular flexibility index (Phi) is 12.0. The molecule has 0 fully saturated rings. The Morgan fingerprint density at radius 2 is 1.00 bits per heavy atom. The largest absolute Gasteiger partial charge is 0.340 e. The fraction of sp³-hybridized carbons (Fsp3) is 0.143. The summed E-state index contributed by atoms with van der Waals surface area (Å²) >= 11 is 9.54. The van der Waals surface area contributed by atoms with Gasteiger partial charge in [0.1, 0.15) is 35.4 Å². The van der Waals surface area contributed by atoms with Crippen LogP contribution in [0.15, 0.2) is 102 Å². The van der Waals surface area contributed by atoms with Crippen LogP contribution >= 0.6 is 34.3 Å². The number of rotatable bonds is 12. The lowest BCUT2D eigenvalue weighted by molar-refractivity contribution is -0.120. The molecule has 2 N–H and O–H groups in total. The SMILES string of the molecule is CN(C(=O)[C@H](Cc1cc(F)cc(F)c1)NC(=O)c1cccc(C(=O)N[C@@H](Cc2cc(F)cc(F)c2)C(=O)N(C)c2ccc3scnc3c2)c1Cl)c1ccc2scnc2c1. The first kappa shape index (κ1) is 40.9. The van der Waals surface area contributed by atoms with Crippen molar-refractivity contribution in [1.29, 1.82) is 0 Å². The number of hydrogen-bond acceptors (Lipinski definition) is 8. The van der Waals surface area contributed by atoms with Crippen LogP contribution < -0.4 is 20.4 Å². The third-order valence-electron chi connectivity index (χ3n) is 9.48. The summed E-state index contributed by atoms with van der Waals surface area (Å²) in [6.45, 7) is 0. The molecule has 0 bridgehead atoms. The van der Waals surface area contributed by atoms with E-state index in [9.17, 15) is 36.7 Å². The zero-order valence-electron chi connectivity index (χ0n) is 31.0. The molecule has 7 aromatic rings. The van der Waals surface area contributed by atoms with E-state index in [-0.39, 0.29) is 40.1 Å². The minimum Gasteiger partial charge on any atom is -0.340 e. The molecule has 0 saturated carbocycles. The van der Waals surface area contributed by atoms with E-state index >= 15 is 0 Å². The third kappa shape index (κ3) is 9.25. The van der Waals surface area contributed by atoms with Gasteiger partial charge in [0.2, 0.25) is 11.8 Å². The number of hydrogen-bond donors (Lipinski definition) is 2. The van der Waals surface area contributed by atoms with Crippen LogP contribution in [0.1, 0.15) is 31.8 Å². The quantitative estimate of drug-likeness (QED) is 0.120. The molecule has 0 aliphatic rings. The van der Waals surface area contributed by atoms with E-state index in [0.717, 1.165) is 33.7 Å². The number of thiazole rings is 2. The molecule has 0 radical (unpaired) electrons. The monoisotopic (exact) mass is 858 g/mol. The van der Waals surface area contributed by atoms with Gasteiger partial charge in [-0.2, -0.15) is 0 Å². The van der Waals surface area contributed by atoms with Crippen LogP contribution in [0.4, 0.5) is 28.9 Å². The molecule has 4 amide bonds. The molecule has 59 heavy (non-hydrogen) atoms. The molecule has 17 heteroatoms. The van der Waals surface area contributed by atoms with Crippen LogP contribution in [0.5, 0.6) is 0 Å². The number of nitrogens with one attached hydrogen (secondary N) is 2. The molecule has 7 rings (SSSR count). The number of amides is 4. The summed E-state index contributed by atoms with van der Waals surface area (Å²) in [5, 5.41) is 4.88.